The molecule has 1 aromatic carbocycles. The summed E-state index contributed by atoms with van der Waals surface area (Å²) in [4.78, 5) is 24.9. The van der Waals surface area contributed by atoms with E-state index in [2.05, 4.69) is 5.32 Å². The van der Waals surface area contributed by atoms with E-state index in [4.69, 9.17) is 11.6 Å². The molecular formula is C15H19ClN2O2. The third-order valence-corrected chi connectivity index (χ3v) is 3.76. The number of nitrogens with one attached hydrogen (secondary N) is 1. The molecule has 1 aliphatic carbocycles. The summed E-state index contributed by atoms with van der Waals surface area (Å²) in [7, 11) is 0. The van der Waals surface area contributed by atoms with Gasteiger partial charge < -0.3 is 10.2 Å². The van der Waals surface area contributed by atoms with Gasteiger partial charge in [0.2, 0.25) is 11.8 Å². The van der Waals surface area contributed by atoms with Crippen LogP contribution in [0.3, 0.4) is 0 Å². The largest absolute Gasteiger partial charge is 0.354 e. The van der Waals surface area contributed by atoms with Crippen LogP contribution < -0.4 is 5.32 Å². The molecular weight excluding hydrogens is 276 g/mol. The first-order valence-corrected chi connectivity index (χ1v) is 7.22. The molecule has 2 rings (SSSR count). The van der Waals surface area contributed by atoms with Crippen molar-refractivity contribution in [3.8, 4) is 0 Å². The smallest absolute Gasteiger partial charge is 0.223 e. The van der Waals surface area contributed by atoms with Crippen LogP contribution in [0.25, 0.3) is 0 Å². The Labute approximate surface area is 124 Å². The normalized spacial score (nSPS) is 13.9. The number of hydrogen-bond donors (Lipinski definition) is 1. The molecule has 1 aliphatic rings. The maximum absolute atomic E-state index is 11.7. The molecule has 108 valence electrons. The van der Waals surface area contributed by atoms with Gasteiger partial charge in [-0.2, -0.15) is 0 Å². The lowest BCUT2D eigenvalue weighted by Crippen LogP contribution is -2.37. The second kappa shape index (κ2) is 6.75. The van der Waals surface area contributed by atoms with E-state index >= 15 is 0 Å². The van der Waals surface area contributed by atoms with Crippen molar-refractivity contribution in [2.24, 2.45) is 5.92 Å². The number of carbonyl (C=O) groups excluding carboxylic acids is 2. The van der Waals surface area contributed by atoms with Gasteiger partial charge in [0.15, 0.2) is 0 Å². The molecule has 0 unspecified atom stereocenters. The van der Waals surface area contributed by atoms with Crippen LogP contribution in [-0.2, 0) is 16.1 Å². The van der Waals surface area contributed by atoms with Crippen molar-refractivity contribution in [1.29, 1.82) is 0 Å². The lowest BCUT2D eigenvalue weighted by molar-refractivity contribution is -0.130. The van der Waals surface area contributed by atoms with Gasteiger partial charge in [0.1, 0.15) is 0 Å². The highest BCUT2D eigenvalue weighted by Crippen LogP contribution is 2.28. The zero-order valence-electron chi connectivity index (χ0n) is 11.6. The first-order valence-electron chi connectivity index (χ1n) is 6.84. The average Bonchev–Trinajstić information content (AvgIpc) is 3.23. The minimum atomic E-state index is -0.0226. The number of hydrogen-bond acceptors (Lipinski definition) is 2. The molecule has 0 saturated heterocycles. The molecule has 2 amide bonds. The van der Waals surface area contributed by atoms with E-state index in [-0.39, 0.29) is 17.7 Å². The fourth-order valence-electron chi connectivity index (χ4n) is 1.98. The molecule has 0 radical (unpaired) electrons. The van der Waals surface area contributed by atoms with Gasteiger partial charge in [-0.3, -0.25) is 9.59 Å². The zero-order chi connectivity index (χ0) is 14.5. The zero-order valence-corrected chi connectivity index (χ0v) is 12.3. The minimum Gasteiger partial charge on any atom is -0.354 e. The van der Waals surface area contributed by atoms with Gasteiger partial charge in [0, 0.05) is 37.5 Å². The SMILES string of the molecule is CC(=O)N(CCNC(=O)C1CC1)Cc1ccccc1Cl. The van der Waals surface area contributed by atoms with Crippen molar-refractivity contribution in [3.05, 3.63) is 34.9 Å². The molecule has 1 saturated carbocycles. The molecule has 0 spiro atoms. The Hall–Kier alpha value is -1.55. The molecule has 1 aromatic rings. The third kappa shape index (κ3) is 4.23. The molecule has 1 N–H and O–H groups in total. The van der Waals surface area contributed by atoms with Crippen LogP contribution in [-0.4, -0.2) is 29.8 Å². The Morgan fingerprint density at radius 2 is 2.05 bits per heavy atom. The predicted octanol–water partition coefficient (Wildman–Crippen LogP) is 2.21. The Kier molecular flexibility index (Phi) is 5.01. The van der Waals surface area contributed by atoms with Crippen molar-refractivity contribution < 1.29 is 9.59 Å². The van der Waals surface area contributed by atoms with Gasteiger partial charge in [-0.15, -0.1) is 0 Å². The van der Waals surface area contributed by atoms with Gasteiger partial charge in [-0.1, -0.05) is 29.8 Å². The van der Waals surface area contributed by atoms with Crippen LogP contribution in [0, 0.1) is 5.92 Å². The van der Waals surface area contributed by atoms with Gasteiger partial charge in [-0.25, -0.2) is 0 Å². The summed E-state index contributed by atoms with van der Waals surface area (Å²) in [6.45, 7) is 2.98. The highest BCUT2D eigenvalue weighted by molar-refractivity contribution is 6.31. The molecule has 0 aromatic heterocycles. The van der Waals surface area contributed by atoms with Crippen molar-refractivity contribution >= 4 is 23.4 Å². The summed E-state index contributed by atoms with van der Waals surface area (Å²) in [5, 5.41) is 3.52. The fourth-order valence-corrected chi connectivity index (χ4v) is 2.18. The summed E-state index contributed by atoms with van der Waals surface area (Å²) >= 11 is 6.10. The topological polar surface area (TPSA) is 49.4 Å². The summed E-state index contributed by atoms with van der Waals surface area (Å²) in [5.74, 6) is 0.279. The van der Waals surface area contributed by atoms with Crippen LogP contribution in [0.4, 0.5) is 0 Å². The van der Waals surface area contributed by atoms with Crippen molar-refractivity contribution in [2.75, 3.05) is 13.1 Å². The Morgan fingerprint density at radius 3 is 2.65 bits per heavy atom. The van der Waals surface area contributed by atoms with E-state index in [1.165, 1.54) is 6.92 Å². The van der Waals surface area contributed by atoms with E-state index in [0.717, 1.165) is 18.4 Å². The van der Waals surface area contributed by atoms with Crippen molar-refractivity contribution in [2.45, 2.75) is 26.3 Å². The second-order valence-electron chi connectivity index (χ2n) is 5.10. The summed E-state index contributed by atoms with van der Waals surface area (Å²) in [6.07, 6.45) is 1.98. The maximum Gasteiger partial charge on any atom is 0.223 e. The van der Waals surface area contributed by atoms with E-state index in [1.54, 1.807) is 4.90 Å². The number of nitrogens with zero attached hydrogens (tertiary/aromatic N) is 1. The highest BCUT2D eigenvalue weighted by Gasteiger charge is 2.29. The Bertz CT molecular complexity index is 500. The van der Waals surface area contributed by atoms with Crippen LogP contribution in [0.15, 0.2) is 24.3 Å². The molecule has 0 aliphatic heterocycles. The number of amides is 2. The molecule has 0 bridgehead atoms. The Morgan fingerprint density at radius 1 is 1.35 bits per heavy atom. The lowest BCUT2D eigenvalue weighted by Gasteiger charge is -2.22. The molecule has 20 heavy (non-hydrogen) atoms. The first-order chi connectivity index (χ1) is 9.58. The molecule has 4 nitrogen and oxygen atoms in total. The van der Waals surface area contributed by atoms with Gasteiger partial charge in [-0.05, 0) is 24.5 Å². The molecule has 0 heterocycles. The van der Waals surface area contributed by atoms with E-state index in [9.17, 15) is 9.59 Å². The van der Waals surface area contributed by atoms with E-state index in [0.29, 0.717) is 24.7 Å². The average molecular weight is 295 g/mol. The van der Waals surface area contributed by atoms with Crippen LogP contribution in [0.5, 0.6) is 0 Å². The van der Waals surface area contributed by atoms with Crippen LogP contribution in [0.1, 0.15) is 25.3 Å². The van der Waals surface area contributed by atoms with Gasteiger partial charge in [0.25, 0.3) is 0 Å². The first kappa shape index (κ1) is 14.9. The number of carbonyl (C=O) groups is 2. The van der Waals surface area contributed by atoms with E-state index in [1.807, 2.05) is 24.3 Å². The summed E-state index contributed by atoms with van der Waals surface area (Å²) in [5.41, 5.74) is 0.915. The third-order valence-electron chi connectivity index (χ3n) is 3.39. The monoisotopic (exact) mass is 294 g/mol. The van der Waals surface area contributed by atoms with Crippen LogP contribution >= 0.6 is 11.6 Å². The predicted molar refractivity (Wildman–Crippen MR) is 78.3 cm³/mol. The fraction of sp³-hybridized carbons (Fsp3) is 0.467. The van der Waals surface area contributed by atoms with Gasteiger partial charge in [0.05, 0.1) is 0 Å². The van der Waals surface area contributed by atoms with Crippen LogP contribution in [0.2, 0.25) is 5.02 Å². The van der Waals surface area contributed by atoms with Crippen molar-refractivity contribution in [1.82, 2.24) is 10.2 Å². The van der Waals surface area contributed by atoms with E-state index < -0.39 is 0 Å². The number of halogens is 1. The Balaban J connectivity index is 1.85. The number of rotatable bonds is 6. The second-order valence-corrected chi connectivity index (χ2v) is 5.50. The highest BCUT2D eigenvalue weighted by atomic mass is 35.5. The maximum atomic E-state index is 11.7. The molecule has 0 atom stereocenters. The standard InChI is InChI=1S/C15H19ClN2O2/c1-11(19)18(9-8-17-15(20)12-6-7-12)10-13-4-2-3-5-14(13)16/h2-5,12H,6-10H2,1H3,(H,17,20). The van der Waals surface area contributed by atoms with Crippen molar-refractivity contribution in [3.63, 3.8) is 0 Å². The quantitative estimate of drug-likeness (QED) is 0.874. The van der Waals surface area contributed by atoms with Gasteiger partial charge >= 0.3 is 0 Å². The minimum absolute atomic E-state index is 0.0226. The lowest BCUT2D eigenvalue weighted by atomic mass is 10.2. The summed E-state index contributed by atoms with van der Waals surface area (Å²) < 4.78 is 0. The molecule has 5 heteroatoms. The number of benzene rings is 1. The molecule has 1 fully saturated rings. The summed E-state index contributed by atoms with van der Waals surface area (Å²) in [6, 6.07) is 7.47.